The van der Waals surface area contributed by atoms with Gasteiger partial charge in [-0.1, -0.05) is 25.1 Å². The number of hydrogen-bond donors (Lipinski definition) is 3. The quantitative estimate of drug-likeness (QED) is 0.128. The van der Waals surface area contributed by atoms with Gasteiger partial charge in [-0.2, -0.15) is 13.2 Å². The second-order valence-corrected chi connectivity index (χ2v) is 11.0. The Bertz CT molecular complexity index is 1720. The number of alkyl halides is 3. The van der Waals surface area contributed by atoms with Crippen LogP contribution in [0.25, 0.3) is 10.9 Å². The fourth-order valence-electron chi connectivity index (χ4n) is 5.41. The molecule has 232 valence electrons. The minimum Gasteiger partial charge on any atom is -0.489 e. The zero-order valence-corrected chi connectivity index (χ0v) is 24.8. The Kier molecular flexibility index (Phi) is 9.30. The number of aromatic amines is 2. The molecule has 3 heterocycles. The largest absolute Gasteiger partial charge is 0.491 e. The molecule has 1 saturated heterocycles. The average Bonchev–Trinajstić information content (AvgIpc) is 3.41. The van der Waals surface area contributed by atoms with Crippen molar-refractivity contribution in [1.82, 2.24) is 30.4 Å². The third-order valence-corrected chi connectivity index (χ3v) is 7.57. The van der Waals surface area contributed by atoms with Crippen molar-refractivity contribution in [3.8, 4) is 11.5 Å². The number of piperidine rings is 1. The first-order chi connectivity index (χ1) is 21.0. The van der Waals surface area contributed by atoms with Gasteiger partial charge < -0.3 is 19.7 Å². The van der Waals surface area contributed by atoms with Crippen molar-refractivity contribution >= 4 is 35.0 Å². The van der Waals surface area contributed by atoms with E-state index in [0.29, 0.717) is 18.8 Å². The predicted molar refractivity (Wildman–Crippen MR) is 158 cm³/mol. The number of nitrogens with zero attached hydrogens (tertiary/aromatic N) is 3. The number of amides is 1. The summed E-state index contributed by atoms with van der Waals surface area (Å²) in [4.78, 5) is 36.5. The number of hydrogen-bond acceptors (Lipinski definition) is 8. The molecule has 0 spiro atoms. The maximum atomic E-state index is 13.6. The van der Waals surface area contributed by atoms with Gasteiger partial charge in [0.15, 0.2) is 0 Å². The van der Waals surface area contributed by atoms with Crippen LogP contribution in [0.2, 0.25) is 0 Å². The molecule has 0 bridgehead atoms. The summed E-state index contributed by atoms with van der Waals surface area (Å²) in [5.74, 6) is -3.29. The van der Waals surface area contributed by atoms with Crippen LogP contribution in [0.4, 0.5) is 13.2 Å². The lowest BCUT2D eigenvalue weighted by Crippen LogP contribution is -2.52. The maximum absolute atomic E-state index is 13.6. The monoisotopic (exact) mass is 628 g/mol. The molecule has 0 saturated carbocycles. The highest BCUT2D eigenvalue weighted by Gasteiger charge is 2.42. The van der Waals surface area contributed by atoms with Crippen molar-refractivity contribution < 1.29 is 32.2 Å². The van der Waals surface area contributed by atoms with Crippen molar-refractivity contribution in [2.75, 3.05) is 19.6 Å². The molecule has 0 radical (unpaired) electrons. The molecule has 1 fully saturated rings. The van der Waals surface area contributed by atoms with Crippen molar-refractivity contribution in [1.29, 1.82) is 0 Å². The second-order valence-electron chi connectivity index (χ2n) is 10.6. The number of carbonyl (C=O) groups excluding carboxylic acids is 2. The third kappa shape index (κ3) is 7.25. The third-order valence-electron chi connectivity index (χ3n) is 7.38. The molecule has 4 aromatic rings. The van der Waals surface area contributed by atoms with Gasteiger partial charge in [0.1, 0.15) is 23.9 Å². The number of ether oxygens (including phenoxy) is 2. The predicted octanol–water partition coefficient (Wildman–Crippen LogP) is 5.37. The summed E-state index contributed by atoms with van der Waals surface area (Å²) in [5.41, 5.74) is 2.10. The SMILES string of the molecule is CCCN1CC[C@H](c2nc(=S)[nH][nH]2)[C@H](NC(=O)c2ccc(OCc3cc(C)nc4ccccc34)cc2OC(=O)C(F)(F)F)C1. The van der Waals surface area contributed by atoms with Crippen LogP contribution in [0.15, 0.2) is 48.5 Å². The van der Waals surface area contributed by atoms with Crippen LogP contribution in [0, 0.1) is 11.7 Å². The number of para-hydroxylation sites is 1. The van der Waals surface area contributed by atoms with E-state index >= 15 is 0 Å². The Morgan fingerprint density at radius 1 is 1.14 bits per heavy atom. The molecule has 1 aliphatic heterocycles. The van der Waals surface area contributed by atoms with Gasteiger partial charge in [0.2, 0.25) is 4.77 Å². The molecule has 2 atom stereocenters. The van der Waals surface area contributed by atoms with E-state index in [0.717, 1.165) is 47.7 Å². The van der Waals surface area contributed by atoms with E-state index in [1.807, 2.05) is 44.2 Å². The summed E-state index contributed by atoms with van der Waals surface area (Å²) in [7, 11) is 0. The van der Waals surface area contributed by atoms with Gasteiger partial charge in [-0.3, -0.25) is 20.0 Å². The Labute approximate surface area is 256 Å². The summed E-state index contributed by atoms with van der Waals surface area (Å²) in [6.45, 7) is 6.01. The number of aryl methyl sites for hydroxylation is 1. The molecule has 2 aromatic carbocycles. The molecule has 2 aromatic heterocycles. The Morgan fingerprint density at radius 3 is 2.66 bits per heavy atom. The van der Waals surface area contributed by atoms with E-state index in [4.69, 9.17) is 21.7 Å². The van der Waals surface area contributed by atoms with Gasteiger partial charge in [0, 0.05) is 35.2 Å². The highest BCUT2D eigenvalue weighted by atomic mass is 32.1. The van der Waals surface area contributed by atoms with E-state index in [1.165, 1.54) is 12.1 Å². The smallest absolute Gasteiger partial charge is 0.489 e. The van der Waals surface area contributed by atoms with Gasteiger partial charge in [0.05, 0.1) is 17.1 Å². The van der Waals surface area contributed by atoms with Crippen molar-refractivity contribution in [3.63, 3.8) is 0 Å². The number of carbonyl (C=O) groups is 2. The van der Waals surface area contributed by atoms with Gasteiger partial charge >= 0.3 is 12.1 Å². The van der Waals surface area contributed by atoms with Crippen LogP contribution in [0.5, 0.6) is 11.5 Å². The Hall–Kier alpha value is -4.30. The number of esters is 1. The number of nitrogens with one attached hydrogen (secondary N) is 3. The van der Waals surface area contributed by atoms with Crippen LogP contribution in [0.3, 0.4) is 0 Å². The minimum absolute atomic E-state index is 0.0596. The zero-order valence-electron chi connectivity index (χ0n) is 24.0. The average molecular weight is 629 g/mol. The van der Waals surface area contributed by atoms with E-state index in [9.17, 15) is 22.8 Å². The molecule has 1 aliphatic rings. The van der Waals surface area contributed by atoms with Gasteiger partial charge in [0.25, 0.3) is 5.91 Å². The first kappa shape index (κ1) is 31.1. The number of likely N-dealkylation sites (tertiary alicyclic amines) is 1. The molecule has 1 amide bonds. The number of benzene rings is 2. The lowest BCUT2D eigenvalue weighted by atomic mass is 9.90. The topological polar surface area (TPSA) is 125 Å². The van der Waals surface area contributed by atoms with Crippen LogP contribution in [0.1, 0.15) is 53.1 Å². The van der Waals surface area contributed by atoms with Crippen LogP contribution in [-0.2, 0) is 11.4 Å². The summed E-state index contributed by atoms with van der Waals surface area (Å²) in [6.07, 6.45) is -3.71. The fourth-order valence-corrected chi connectivity index (χ4v) is 5.56. The number of pyridine rings is 1. The fraction of sp³-hybridized carbons (Fsp3) is 0.367. The van der Waals surface area contributed by atoms with E-state index < -0.39 is 29.8 Å². The Balaban J connectivity index is 1.41. The zero-order chi connectivity index (χ0) is 31.4. The number of halogens is 3. The van der Waals surface area contributed by atoms with Crippen LogP contribution < -0.4 is 14.8 Å². The number of H-pyrrole nitrogens is 2. The normalized spacial score (nSPS) is 17.4. The molecule has 0 unspecified atom stereocenters. The van der Waals surface area contributed by atoms with Crippen LogP contribution in [-0.4, -0.2) is 68.8 Å². The molecular formula is C30H31F3N6O4S. The molecular weight excluding hydrogens is 597 g/mol. The molecule has 5 rings (SSSR count). The van der Waals surface area contributed by atoms with E-state index in [-0.39, 0.29) is 28.6 Å². The van der Waals surface area contributed by atoms with Gasteiger partial charge in [-0.15, -0.1) is 0 Å². The highest BCUT2D eigenvalue weighted by Crippen LogP contribution is 2.31. The Morgan fingerprint density at radius 2 is 1.93 bits per heavy atom. The summed E-state index contributed by atoms with van der Waals surface area (Å²) in [5, 5.41) is 9.49. The first-order valence-electron chi connectivity index (χ1n) is 14.1. The maximum Gasteiger partial charge on any atom is 0.491 e. The number of aromatic nitrogens is 4. The highest BCUT2D eigenvalue weighted by molar-refractivity contribution is 7.71. The molecule has 14 heteroatoms. The lowest BCUT2D eigenvalue weighted by molar-refractivity contribution is -0.189. The molecule has 0 aliphatic carbocycles. The molecule has 3 N–H and O–H groups in total. The van der Waals surface area contributed by atoms with Crippen molar-refractivity contribution in [2.45, 2.75) is 51.4 Å². The standard InChI is InChI=1S/C30H31F3N6O4S/c1-3-11-39-12-10-21(26-36-29(44)38-37-26)24(15-39)35-27(40)22-9-8-19(14-25(22)43-28(41)30(31,32)33)42-16-18-13-17(2)34-23-7-5-4-6-20(18)23/h4-9,13-14,21,24H,3,10-12,15-16H2,1-2H3,(H,35,40)(H2,36,37,38,44)/t21-,24+/m0/s1. The van der Waals surface area contributed by atoms with E-state index in [1.54, 1.807) is 0 Å². The summed E-state index contributed by atoms with van der Waals surface area (Å²) >= 11 is 5.10. The number of fused-ring (bicyclic) bond motifs is 1. The van der Waals surface area contributed by atoms with Gasteiger partial charge in [-0.05, 0) is 69.3 Å². The lowest BCUT2D eigenvalue weighted by Gasteiger charge is -2.38. The van der Waals surface area contributed by atoms with Gasteiger partial charge in [-0.25, -0.2) is 9.78 Å². The first-order valence-corrected chi connectivity index (χ1v) is 14.5. The van der Waals surface area contributed by atoms with Crippen LogP contribution >= 0.6 is 12.2 Å². The summed E-state index contributed by atoms with van der Waals surface area (Å²) in [6, 6.07) is 12.7. The minimum atomic E-state index is -5.27. The van der Waals surface area contributed by atoms with E-state index in [2.05, 4.69) is 30.4 Å². The molecule has 44 heavy (non-hydrogen) atoms. The second kappa shape index (κ2) is 13.1. The number of rotatable bonds is 9. The van der Waals surface area contributed by atoms with Crippen molar-refractivity contribution in [2.24, 2.45) is 0 Å². The molecule has 10 nitrogen and oxygen atoms in total. The van der Waals surface area contributed by atoms with Crippen molar-refractivity contribution in [3.05, 3.63) is 75.9 Å². The summed E-state index contributed by atoms with van der Waals surface area (Å²) < 4.78 is 50.5.